The molecule has 1 aliphatic heterocycles. The standard InChI is InChI=1S/C18H25N3O5S2/c1-2-3-4-13-27(23,24)15-18(22)20-9-11-21(12-10-20)28(25,26)17-7-5-16(14-19)6-8-17/h5-8H,2-4,9-13,15H2,1H3. The van der Waals surface area contributed by atoms with Gasteiger partial charge in [0.15, 0.2) is 9.84 Å². The molecular formula is C18H25N3O5S2. The normalized spacial score (nSPS) is 15.9. The fraction of sp³-hybridized carbons (Fsp3) is 0.556. The number of nitrogens with zero attached hydrogens (tertiary/aromatic N) is 3. The average Bonchev–Trinajstić information content (AvgIpc) is 2.68. The topological polar surface area (TPSA) is 116 Å². The van der Waals surface area contributed by atoms with Crippen molar-refractivity contribution in [1.29, 1.82) is 5.26 Å². The first-order valence-electron chi connectivity index (χ1n) is 9.18. The monoisotopic (exact) mass is 427 g/mol. The van der Waals surface area contributed by atoms with E-state index in [1.54, 1.807) is 0 Å². The number of carbonyl (C=O) groups is 1. The van der Waals surface area contributed by atoms with Crippen LogP contribution in [0.3, 0.4) is 0 Å². The minimum atomic E-state index is -3.72. The molecule has 1 fully saturated rings. The number of piperazine rings is 1. The first kappa shape index (κ1) is 22.3. The average molecular weight is 428 g/mol. The lowest BCUT2D eigenvalue weighted by Gasteiger charge is -2.34. The molecule has 0 bridgehead atoms. The summed E-state index contributed by atoms with van der Waals surface area (Å²) in [6.07, 6.45) is 2.25. The molecule has 10 heteroatoms. The molecule has 1 heterocycles. The Kier molecular flexibility index (Phi) is 7.57. The Morgan fingerprint density at radius 1 is 1.04 bits per heavy atom. The van der Waals surface area contributed by atoms with E-state index in [9.17, 15) is 21.6 Å². The summed E-state index contributed by atoms with van der Waals surface area (Å²) < 4.78 is 50.7. The number of nitriles is 1. The van der Waals surface area contributed by atoms with E-state index in [2.05, 4.69) is 0 Å². The minimum Gasteiger partial charge on any atom is -0.339 e. The summed E-state index contributed by atoms with van der Waals surface area (Å²) in [6, 6.07) is 7.58. The highest BCUT2D eigenvalue weighted by molar-refractivity contribution is 7.92. The largest absolute Gasteiger partial charge is 0.339 e. The lowest BCUT2D eigenvalue weighted by molar-refractivity contribution is -0.129. The molecule has 1 aromatic rings. The zero-order valence-electron chi connectivity index (χ0n) is 15.9. The van der Waals surface area contributed by atoms with Crippen LogP contribution in [0.5, 0.6) is 0 Å². The Morgan fingerprint density at radius 2 is 1.64 bits per heavy atom. The number of hydrogen-bond acceptors (Lipinski definition) is 6. The van der Waals surface area contributed by atoms with Crippen LogP contribution in [0, 0.1) is 11.3 Å². The quantitative estimate of drug-likeness (QED) is 0.572. The van der Waals surface area contributed by atoms with E-state index >= 15 is 0 Å². The Hall–Kier alpha value is -1.96. The van der Waals surface area contributed by atoms with E-state index < -0.39 is 31.5 Å². The van der Waals surface area contributed by atoms with E-state index in [0.29, 0.717) is 12.0 Å². The van der Waals surface area contributed by atoms with E-state index in [1.165, 1.54) is 33.5 Å². The van der Waals surface area contributed by atoms with Crippen molar-refractivity contribution in [2.24, 2.45) is 0 Å². The number of sulfone groups is 1. The van der Waals surface area contributed by atoms with Gasteiger partial charge in [-0.3, -0.25) is 4.79 Å². The Bertz CT molecular complexity index is 926. The second kappa shape index (κ2) is 9.49. The van der Waals surface area contributed by atoms with Gasteiger partial charge in [-0.25, -0.2) is 16.8 Å². The maximum atomic E-state index is 12.7. The van der Waals surface area contributed by atoms with Gasteiger partial charge in [0, 0.05) is 26.2 Å². The van der Waals surface area contributed by atoms with E-state index in [4.69, 9.17) is 5.26 Å². The summed E-state index contributed by atoms with van der Waals surface area (Å²) in [4.78, 5) is 13.8. The molecule has 1 aliphatic rings. The van der Waals surface area contributed by atoms with Gasteiger partial charge >= 0.3 is 0 Å². The van der Waals surface area contributed by atoms with Crippen LogP contribution in [0.2, 0.25) is 0 Å². The fourth-order valence-corrected chi connectivity index (χ4v) is 5.72. The van der Waals surface area contributed by atoms with Gasteiger partial charge in [0.1, 0.15) is 5.75 Å². The maximum absolute atomic E-state index is 12.7. The molecule has 154 valence electrons. The summed E-state index contributed by atoms with van der Waals surface area (Å²) in [5.74, 6) is -1.01. The van der Waals surface area contributed by atoms with Crippen molar-refractivity contribution in [3.63, 3.8) is 0 Å². The van der Waals surface area contributed by atoms with Crippen molar-refractivity contribution >= 4 is 25.8 Å². The van der Waals surface area contributed by atoms with Crippen LogP contribution in [0.25, 0.3) is 0 Å². The molecule has 0 atom stereocenters. The third-order valence-corrected chi connectivity index (χ3v) is 8.13. The lowest BCUT2D eigenvalue weighted by atomic mass is 10.2. The molecule has 1 amide bonds. The van der Waals surface area contributed by atoms with Crippen molar-refractivity contribution in [1.82, 2.24) is 9.21 Å². The number of carbonyl (C=O) groups excluding carboxylic acids is 1. The smallest absolute Gasteiger partial charge is 0.243 e. The van der Waals surface area contributed by atoms with E-state index in [1.807, 2.05) is 13.0 Å². The lowest BCUT2D eigenvalue weighted by Crippen LogP contribution is -2.51. The van der Waals surface area contributed by atoms with Gasteiger partial charge in [-0.1, -0.05) is 19.8 Å². The van der Waals surface area contributed by atoms with Crippen LogP contribution in [-0.2, 0) is 24.7 Å². The molecule has 0 N–H and O–H groups in total. The minimum absolute atomic E-state index is 0.000380. The molecule has 8 nitrogen and oxygen atoms in total. The number of unbranched alkanes of at least 4 members (excludes halogenated alkanes) is 2. The second-order valence-electron chi connectivity index (χ2n) is 6.72. The number of amides is 1. The van der Waals surface area contributed by atoms with Crippen molar-refractivity contribution in [2.45, 2.75) is 31.1 Å². The summed E-state index contributed by atoms with van der Waals surface area (Å²) in [6.45, 7) is 2.48. The van der Waals surface area contributed by atoms with E-state index in [0.717, 1.165) is 12.8 Å². The highest BCUT2D eigenvalue weighted by Crippen LogP contribution is 2.18. The second-order valence-corrected chi connectivity index (χ2v) is 10.8. The van der Waals surface area contributed by atoms with Gasteiger partial charge in [0.25, 0.3) is 0 Å². The molecule has 0 saturated carbocycles. The fourth-order valence-electron chi connectivity index (χ4n) is 2.95. The van der Waals surface area contributed by atoms with Crippen molar-refractivity contribution in [3.8, 4) is 6.07 Å². The first-order valence-corrected chi connectivity index (χ1v) is 12.4. The molecular weight excluding hydrogens is 402 g/mol. The van der Waals surface area contributed by atoms with Crippen LogP contribution in [-0.4, -0.2) is 69.6 Å². The molecule has 0 radical (unpaired) electrons. The molecule has 2 rings (SSSR count). The molecule has 1 aromatic carbocycles. The number of hydrogen-bond donors (Lipinski definition) is 0. The number of benzene rings is 1. The number of rotatable bonds is 8. The zero-order chi connectivity index (χ0) is 20.8. The van der Waals surface area contributed by atoms with Crippen LogP contribution in [0.15, 0.2) is 29.2 Å². The zero-order valence-corrected chi connectivity index (χ0v) is 17.5. The Morgan fingerprint density at radius 3 is 2.18 bits per heavy atom. The molecule has 0 aromatic heterocycles. The molecule has 28 heavy (non-hydrogen) atoms. The van der Waals surface area contributed by atoms with Gasteiger partial charge < -0.3 is 4.90 Å². The predicted molar refractivity (Wildman–Crippen MR) is 105 cm³/mol. The van der Waals surface area contributed by atoms with Crippen LogP contribution >= 0.6 is 0 Å². The highest BCUT2D eigenvalue weighted by Gasteiger charge is 2.31. The summed E-state index contributed by atoms with van der Waals surface area (Å²) in [7, 11) is -7.16. The van der Waals surface area contributed by atoms with Crippen LogP contribution < -0.4 is 0 Å². The van der Waals surface area contributed by atoms with Crippen LogP contribution in [0.1, 0.15) is 31.7 Å². The number of sulfonamides is 1. The third-order valence-electron chi connectivity index (χ3n) is 4.61. The van der Waals surface area contributed by atoms with Gasteiger partial charge in [-0.05, 0) is 30.7 Å². The molecule has 0 aliphatic carbocycles. The van der Waals surface area contributed by atoms with Crippen molar-refractivity contribution in [2.75, 3.05) is 37.7 Å². The Balaban J connectivity index is 1.94. The highest BCUT2D eigenvalue weighted by atomic mass is 32.2. The van der Waals surface area contributed by atoms with Crippen molar-refractivity contribution in [3.05, 3.63) is 29.8 Å². The van der Waals surface area contributed by atoms with Gasteiger partial charge in [0.05, 0.1) is 22.3 Å². The SMILES string of the molecule is CCCCCS(=O)(=O)CC(=O)N1CCN(S(=O)(=O)c2ccc(C#N)cc2)CC1. The Labute approximate surface area is 166 Å². The third kappa shape index (κ3) is 5.77. The van der Waals surface area contributed by atoms with E-state index in [-0.39, 0.29) is 36.8 Å². The maximum Gasteiger partial charge on any atom is 0.243 e. The summed E-state index contributed by atoms with van der Waals surface area (Å²) in [5, 5.41) is 8.81. The molecule has 0 spiro atoms. The van der Waals surface area contributed by atoms with Gasteiger partial charge in [-0.2, -0.15) is 9.57 Å². The van der Waals surface area contributed by atoms with Crippen LogP contribution in [0.4, 0.5) is 0 Å². The molecule has 1 saturated heterocycles. The first-order chi connectivity index (χ1) is 13.2. The summed E-state index contributed by atoms with van der Waals surface area (Å²) in [5.41, 5.74) is 0.370. The van der Waals surface area contributed by atoms with Gasteiger partial charge in [0.2, 0.25) is 15.9 Å². The summed E-state index contributed by atoms with van der Waals surface area (Å²) >= 11 is 0. The molecule has 0 unspecified atom stereocenters. The van der Waals surface area contributed by atoms with Crippen molar-refractivity contribution < 1.29 is 21.6 Å². The predicted octanol–water partition coefficient (Wildman–Crippen LogP) is 0.996. The van der Waals surface area contributed by atoms with Gasteiger partial charge in [-0.15, -0.1) is 0 Å².